The monoisotopic (exact) mass is 720 g/mol. The van der Waals surface area contributed by atoms with E-state index in [1.807, 2.05) is 123 Å². The standard InChI is InChI=1S/C44H48N8O2/c1-29(47-43(53)39(50(2)3)34-13-8-6-9-14-34)41-45-27-36(48-41)32-22-18-30(19-23-32)31-20-24-33(25-21-31)37-28-46-42(49-37)38-17-12-26-52(38)44(54)40(51(4)5)35-15-10-7-11-16-35/h6-11,13-16,18-25,27-29,38-40H,12,17,26H2,1-5H3,(H,45,48)(H,46,49)(H,47,53)/t29-,38-,39+,40+/m0/s1. The number of rotatable bonds is 12. The van der Waals surface area contributed by atoms with E-state index in [1.54, 1.807) is 0 Å². The van der Waals surface area contributed by atoms with Crippen molar-refractivity contribution in [2.45, 2.75) is 43.9 Å². The third kappa shape index (κ3) is 7.76. The Labute approximate surface area is 317 Å². The van der Waals surface area contributed by atoms with Gasteiger partial charge in [-0.2, -0.15) is 0 Å². The van der Waals surface area contributed by atoms with Gasteiger partial charge >= 0.3 is 0 Å². The molecule has 0 spiro atoms. The molecule has 0 saturated carbocycles. The maximum absolute atomic E-state index is 13.9. The Balaban J connectivity index is 0.992. The Morgan fingerprint density at radius 1 is 0.685 bits per heavy atom. The average molecular weight is 721 g/mol. The summed E-state index contributed by atoms with van der Waals surface area (Å²) >= 11 is 0. The van der Waals surface area contributed by atoms with Crippen molar-refractivity contribution in [3.05, 3.63) is 144 Å². The summed E-state index contributed by atoms with van der Waals surface area (Å²) in [7, 11) is 7.72. The molecule has 3 N–H and O–H groups in total. The zero-order chi connectivity index (χ0) is 37.8. The van der Waals surface area contributed by atoms with E-state index >= 15 is 0 Å². The number of carbonyl (C=O) groups excluding carboxylic acids is 2. The smallest absolute Gasteiger partial charge is 0.245 e. The van der Waals surface area contributed by atoms with Crippen molar-refractivity contribution >= 4 is 11.8 Å². The fourth-order valence-electron chi connectivity index (χ4n) is 7.49. The van der Waals surface area contributed by atoms with Crippen LogP contribution in [0.1, 0.15) is 66.7 Å². The van der Waals surface area contributed by atoms with E-state index < -0.39 is 6.04 Å². The van der Waals surface area contributed by atoms with Crippen LogP contribution in [0.25, 0.3) is 33.6 Å². The molecule has 0 aliphatic carbocycles. The first kappa shape index (κ1) is 36.5. The van der Waals surface area contributed by atoms with Crippen LogP contribution in [0.5, 0.6) is 0 Å². The molecule has 1 aliphatic rings. The van der Waals surface area contributed by atoms with Crippen LogP contribution in [0.15, 0.2) is 122 Å². The second-order valence-electron chi connectivity index (χ2n) is 14.5. The van der Waals surface area contributed by atoms with Crippen LogP contribution in [-0.2, 0) is 9.59 Å². The van der Waals surface area contributed by atoms with Gasteiger partial charge in [-0.25, -0.2) is 9.97 Å². The predicted molar refractivity (Wildman–Crippen MR) is 213 cm³/mol. The van der Waals surface area contributed by atoms with Gasteiger partial charge in [-0.15, -0.1) is 0 Å². The summed E-state index contributed by atoms with van der Waals surface area (Å²) in [6.45, 7) is 2.66. The molecule has 0 unspecified atom stereocenters. The SMILES string of the molecule is C[C@H](NC(=O)[C@@H](c1ccccc1)N(C)C)c1ncc(-c2ccc(-c3ccc(-c4cnc([C@@H]5CCCN5C(=O)[C@@H](c5ccccc5)N(C)C)[nH]4)cc3)cc2)[nH]1. The van der Waals surface area contributed by atoms with Gasteiger partial charge < -0.3 is 20.2 Å². The lowest BCUT2D eigenvalue weighted by Gasteiger charge is -2.31. The number of hydrogen-bond acceptors (Lipinski definition) is 6. The second-order valence-corrected chi connectivity index (χ2v) is 14.5. The molecule has 54 heavy (non-hydrogen) atoms. The maximum atomic E-state index is 13.9. The van der Waals surface area contributed by atoms with E-state index in [1.165, 1.54) is 0 Å². The van der Waals surface area contributed by atoms with E-state index in [-0.39, 0.29) is 29.9 Å². The lowest BCUT2D eigenvalue weighted by Crippen LogP contribution is -2.40. The minimum absolute atomic E-state index is 0.0789. The molecule has 4 atom stereocenters. The molecule has 0 radical (unpaired) electrons. The number of H-pyrrole nitrogens is 2. The first-order valence-corrected chi connectivity index (χ1v) is 18.5. The van der Waals surface area contributed by atoms with Gasteiger partial charge in [0.15, 0.2) is 0 Å². The number of aromatic amines is 2. The number of carbonyl (C=O) groups is 2. The topological polar surface area (TPSA) is 113 Å². The van der Waals surface area contributed by atoms with Gasteiger partial charge in [0.1, 0.15) is 23.7 Å². The molecule has 1 aliphatic heterocycles. The van der Waals surface area contributed by atoms with Crippen LogP contribution in [-0.4, -0.2) is 81.2 Å². The van der Waals surface area contributed by atoms with Gasteiger partial charge in [0.05, 0.1) is 35.9 Å². The Morgan fingerprint density at radius 2 is 1.19 bits per heavy atom. The molecule has 1 saturated heterocycles. The summed E-state index contributed by atoms with van der Waals surface area (Å²) in [6.07, 6.45) is 5.51. The van der Waals surface area contributed by atoms with Crippen molar-refractivity contribution in [2.75, 3.05) is 34.7 Å². The Morgan fingerprint density at radius 3 is 1.74 bits per heavy atom. The largest absolute Gasteiger partial charge is 0.345 e. The van der Waals surface area contributed by atoms with Crippen molar-refractivity contribution in [1.29, 1.82) is 0 Å². The summed E-state index contributed by atoms with van der Waals surface area (Å²) in [4.78, 5) is 49.3. The highest BCUT2D eigenvalue weighted by atomic mass is 16.2. The summed E-state index contributed by atoms with van der Waals surface area (Å²) in [5.74, 6) is 1.54. The van der Waals surface area contributed by atoms with Gasteiger partial charge in [0.2, 0.25) is 11.8 Å². The second kappa shape index (κ2) is 16.0. The fraction of sp³-hybridized carbons (Fsp3) is 0.273. The van der Waals surface area contributed by atoms with Crippen LogP contribution < -0.4 is 5.32 Å². The van der Waals surface area contributed by atoms with Gasteiger partial charge in [0.25, 0.3) is 0 Å². The summed E-state index contributed by atoms with van der Waals surface area (Å²) in [5, 5.41) is 3.12. The molecule has 4 aromatic carbocycles. The number of nitrogens with zero attached hydrogens (tertiary/aromatic N) is 5. The van der Waals surface area contributed by atoms with Gasteiger partial charge in [-0.3, -0.25) is 19.4 Å². The van der Waals surface area contributed by atoms with Crippen LogP contribution in [0.2, 0.25) is 0 Å². The van der Waals surface area contributed by atoms with Crippen molar-refractivity contribution < 1.29 is 9.59 Å². The summed E-state index contributed by atoms with van der Waals surface area (Å²) < 4.78 is 0. The van der Waals surface area contributed by atoms with Crippen molar-refractivity contribution in [3.8, 4) is 33.6 Å². The van der Waals surface area contributed by atoms with Gasteiger partial charge in [0, 0.05) is 6.54 Å². The first-order chi connectivity index (χ1) is 26.2. The van der Waals surface area contributed by atoms with Crippen LogP contribution in [0.3, 0.4) is 0 Å². The highest BCUT2D eigenvalue weighted by Gasteiger charge is 2.37. The Bertz CT molecular complexity index is 2160. The Kier molecular flexibility index (Phi) is 10.8. The first-order valence-electron chi connectivity index (χ1n) is 18.5. The van der Waals surface area contributed by atoms with Crippen molar-refractivity contribution in [1.82, 2.24) is 40.0 Å². The van der Waals surface area contributed by atoms with Crippen LogP contribution >= 0.6 is 0 Å². The number of likely N-dealkylation sites (tertiary alicyclic amines) is 1. The molecule has 2 amide bonds. The fourth-order valence-corrected chi connectivity index (χ4v) is 7.49. The van der Waals surface area contributed by atoms with E-state index in [2.05, 4.69) is 68.8 Å². The average Bonchev–Trinajstić information content (AvgIpc) is 3.98. The van der Waals surface area contributed by atoms with E-state index in [4.69, 9.17) is 4.98 Å². The molecular weight excluding hydrogens is 673 g/mol. The van der Waals surface area contributed by atoms with E-state index in [0.29, 0.717) is 5.82 Å². The molecule has 10 nitrogen and oxygen atoms in total. The zero-order valence-corrected chi connectivity index (χ0v) is 31.5. The molecule has 6 aromatic rings. The molecule has 276 valence electrons. The van der Waals surface area contributed by atoms with E-state index in [9.17, 15) is 9.59 Å². The number of benzene rings is 4. The number of nitrogens with one attached hydrogen (secondary N) is 3. The molecule has 10 heteroatoms. The van der Waals surface area contributed by atoms with Gasteiger partial charge in [-0.05, 0) is 81.3 Å². The summed E-state index contributed by atoms with van der Waals surface area (Å²) in [5.41, 5.74) is 7.99. The van der Waals surface area contributed by atoms with Gasteiger partial charge in [-0.1, -0.05) is 109 Å². The molecule has 3 heterocycles. The van der Waals surface area contributed by atoms with Crippen LogP contribution in [0.4, 0.5) is 0 Å². The molecule has 1 fully saturated rings. The number of aromatic nitrogens is 4. The number of likely N-dealkylation sites (N-methyl/N-ethyl adjacent to an activating group) is 2. The predicted octanol–water partition coefficient (Wildman–Crippen LogP) is 7.58. The number of imidazole rings is 2. The lowest BCUT2D eigenvalue weighted by molar-refractivity contribution is -0.137. The highest BCUT2D eigenvalue weighted by Crippen LogP contribution is 2.35. The number of amides is 2. The Hall–Kier alpha value is -5.84. The van der Waals surface area contributed by atoms with Crippen molar-refractivity contribution in [3.63, 3.8) is 0 Å². The normalized spacial score (nSPS) is 16.1. The molecule has 7 rings (SSSR count). The molecular formula is C44H48N8O2. The third-order valence-electron chi connectivity index (χ3n) is 10.3. The maximum Gasteiger partial charge on any atom is 0.245 e. The van der Waals surface area contributed by atoms with Crippen molar-refractivity contribution in [2.24, 2.45) is 0 Å². The third-order valence-corrected chi connectivity index (χ3v) is 10.3. The minimum Gasteiger partial charge on any atom is -0.345 e. The quantitative estimate of drug-likeness (QED) is 0.120. The summed E-state index contributed by atoms with van der Waals surface area (Å²) in [6, 6.07) is 35.4. The minimum atomic E-state index is -0.400. The lowest BCUT2D eigenvalue weighted by atomic mass is 10.0. The van der Waals surface area contributed by atoms with Crippen LogP contribution in [0, 0.1) is 0 Å². The highest BCUT2D eigenvalue weighted by molar-refractivity contribution is 5.84. The number of hydrogen-bond donors (Lipinski definition) is 3. The molecule has 0 bridgehead atoms. The zero-order valence-electron chi connectivity index (χ0n) is 31.5. The molecule has 2 aromatic heterocycles. The van der Waals surface area contributed by atoms with E-state index in [0.717, 1.165) is 70.0 Å².